The van der Waals surface area contributed by atoms with Gasteiger partial charge in [-0.1, -0.05) is 25.1 Å². The highest BCUT2D eigenvalue weighted by molar-refractivity contribution is 5.96. The SMILES string of the molecule is CCc1c(OCc2ccc3nccn3c2)cccc1C(C)=O. The average Bonchev–Trinajstić information content (AvgIpc) is 2.99. The third-order valence-electron chi connectivity index (χ3n) is 3.71. The molecule has 4 nitrogen and oxygen atoms in total. The smallest absolute Gasteiger partial charge is 0.160 e. The molecule has 1 aromatic carbocycles. The minimum absolute atomic E-state index is 0.0714. The zero-order valence-corrected chi connectivity index (χ0v) is 12.7. The molecule has 0 amide bonds. The molecule has 3 aromatic rings. The molecule has 0 aliphatic rings. The predicted octanol–water partition coefficient (Wildman–Crippen LogP) is 3.68. The van der Waals surface area contributed by atoms with E-state index in [1.807, 2.05) is 54.0 Å². The molecule has 0 aliphatic carbocycles. The molecule has 112 valence electrons. The van der Waals surface area contributed by atoms with Crippen LogP contribution in [0.15, 0.2) is 48.9 Å². The van der Waals surface area contributed by atoms with E-state index in [0.717, 1.165) is 34.5 Å². The number of rotatable bonds is 5. The number of imidazole rings is 1. The normalized spacial score (nSPS) is 10.8. The van der Waals surface area contributed by atoms with E-state index in [0.29, 0.717) is 6.61 Å². The number of benzene rings is 1. The number of aromatic nitrogens is 2. The molecule has 22 heavy (non-hydrogen) atoms. The Morgan fingerprint density at radius 2 is 2.14 bits per heavy atom. The Balaban J connectivity index is 1.83. The summed E-state index contributed by atoms with van der Waals surface area (Å²) >= 11 is 0. The van der Waals surface area contributed by atoms with Gasteiger partial charge in [0.05, 0.1) is 0 Å². The van der Waals surface area contributed by atoms with Crippen LogP contribution in [0.4, 0.5) is 0 Å². The van der Waals surface area contributed by atoms with E-state index in [9.17, 15) is 4.79 Å². The second kappa shape index (κ2) is 6.02. The third-order valence-corrected chi connectivity index (χ3v) is 3.71. The third kappa shape index (κ3) is 2.72. The van der Waals surface area contributed by atoms with Crippen LogP contribution in [0.1, 0.15) is 35.3 Å². The molecule has 2 heterocycles. The number of pyridine rings is 1. The van der Waals surface area contributed by atoms with Crippen LogP contribution >= 0.6 is 0 Å². The highest BCUT2D eigenvalue weighted by Gasteiger charge is 2.11. The van der Waals surface area contributed by atoms with E-state index in [1.54, 1.807) is 13.1 Å². The first-order valence-corrected chi connectivity index (χ1v) is 7.36. The second-order valence-corrected chi connectivity index (χ2v) is 5.21. The molecule has 0 saturated carbocycles. The molecule has 3 rings (SSSR count). The number of ketones is 1. The number of carbonyl (C=O) groups excluding carboxylic acids is 1. The monoisotopic (exact) mass is 294 g/mol. The Kier molecular flexibility index (Phi) is 3.92. The molecule has 0 unspecified atom stereocenters. The van der Waals surface area contributed by atoms with Crippen LogP contribution in [0.25, 0.3) is 5.65 Å². The maximum Gasteiger partial charge on any atom is 0.160 e. The highest BCUT2D eigenvalue weighted by Crippen LogP contribution is 2.24. The summed E-state index contributed by atoms with van der Waals surface area (Å²) < 4.78 is 7.91. The van der Waals surface area contributed by atoms with Gasteiger partial charge in [-0.05, 0) is 25.5 Å². The van der Waals surface area contributed by atoms with Crippen molar-refractivity contribution in [1.82, 2.24) is 9.38 Å². The van der Waals surface area contributed by atoms with Crippen molar-refractivity contribution >= 4 is 11.4 Å². The van der Waals surface area contributed by atoms with E-state index < -0.39 is 0 Å². The van der Waals surface area contributed by atoms with Crippen molar-refractivity contribution in [2.75, 3.05) is 0 Å². The molecule has 0 bridgehead atoms. The molecule has 4 heteroatoms. The van der Waals surface area contributed by atoms with Crippen molar-refractivity contribution in [2.24, 2.45) is 0 Å². The number of Topliss-reactive ketones (excluding diaryl/α,β-unsaturated/α-hetero) is 1. The van der Waals surface area contributed by atoms with Crippen molar-refractivity contribution in [3.05, 3.63) is 65.6 Å². The topological polar surface area (TPSA) is 43.6 Å². The summed E-state index contributed by atoms with van der Waals surface area (Å²) in [6.07, 6.45) is 6.45. The van der Waals surface area contributed by atoms with Crippen LogP contribution in [0, 0.1) is 0 Å². The van der Waals surface area contributed by atoms with Crippen LogP contribution in [0.2, 0.25) is 0 Å². The van der Waals surface area contributed by atoms with Crippen molar-refractivity contribution in [3.8, 4) is 5.75 Å². The number of ether oxygens (including phenoxy) is 1. The summed E-state index contributed by atoms with van der Waals surface area (Å²) in [5.74, 6) is 0.850. The Labute approximate surface area is 129 Å². The lowest BCUT2D eigenvalue weighted by Crippen LogP contribution is -2.04. The fourth-order valence-corrected chi connectivity index (χ4v) is 2.61. The van der Waals surface area contributed by atoms with Crippen molar-refractivity contribution in [2.45, 2.75) is 26.9 Å². The van der Waals surface area contributed by atoms with Gasteiger partial charge in [0.2, 0.25) is 0 Å². The van der Waals surface area contributed by atoms with Crippen LogP contribution in [0.3, 0.4) is 0 Å². The van der Waals surface area contributed by atoms with E-state index in [4.69, 9.17) is 4.74 Å². The van der Waals surface area contributed by atoms with Crippen LogP contribution in [-0.2, 0) is 13.0 Å². The van der Waals surface area contributed by atoms with Crippen LogP contribution in [0.5, 0.6) is 5.75 Å². The Bertz CT molecular complexity index is 821. The van der Waals surface area contributed by atoms with E-state index in [1.165, 1.54) is 0 Å². The lowest BCUT2D eigenvalue weighted by Gasteiger charge is -2.13. The predicted molar refractivity (Wildman–Crippen MR) is 85.3 cm³/mol. The zero-order chi connectivity index (χ0) is 15.5. The Hall–Kier alpha value is -2.62. The molecule has 0 spiro atoms. The second-order valence-electron chi connectivity index (χ2n) is 5.21. The van der Waals surface area contributed by atoms with Gasteiger partial charge in [-0.3, -0.25) is 4.79 Å². The molecule has 0 fully saturated rings. The van der Waals surface area contributed by atoms with Crippen LogP contribution in [-0.4, -0.2) is 15.2 Å². The van der Waals surface area contributed by atoms with Crippen molar-refractivity contribution in [1.29, 1.82) is 0 Å². The van der Waals surface area contributed by atoms with Crippen molar-refractivity contribution < 1.29 is 9.53 Å². The number of fused-ring (bicyclic) bond motifs is 1. The Morgan fingerprint density at radius 1 is 1.27 bits per heavy atom. The molecular formula is C18H18N2O2. The van der Waals surface area contributed by atoms with E-state index in [-0.39, 0.29) is 5.78 Å². The Morgan fingerprint density at radius 3 is 2.91 bits per heavy atom. The molecular weight excluding hydrogens is 276 g/mol. The zero-order valence-electron chi connectivity index (χ0n) is 12.7. The first-order chi connectivity index (χ1) is 10.7. The van der Waals surface area contributed by atoms with Gasteiger partial charge >= 0.3 is 0 Å². The van der Waals surface area contributed by atoms with Gasteiger partial charge in [-0.2, -0.15) is 0 Å². The summed E-state index contributed by atoms with van der Waals surface area (Å²) in [4.78, 5) is 15.9. The largest absolute Gasteiger partial charge is 0.489 e. The molecule has 0 N–H and O–H groups in total. The number of nitrogens with zero attached hydrogens (tertiary/aromatic N) is 2. The fourth-order valence-electron chi connectivity index (χ4n) is 2.61. The average molecular weight is 294 g/mol. The quantitative estimate of drug-likeness (QED) is 0.674. The van der Waals surface area contributed by atoms with Crippen LogP contribution < -0.4 is 4.74 Å². The van der Waals surface area contributed by atoms with Gasteiger partial charge in [-0.25, -0.2) is 4.98 Å². The number of hydrogen-bond acceptors (Lipinski definition) is 3. The molecule has 0 radical (unpaired) electrons. The molecule has 0 aliphatic heterocycles. The first kappa shape index (κ1) is 14.3. The van der Waals surface area contributed by atoms with Gasteiger partial charge in [-0.15, -0.1) is 0 Å². The van der Waals surface area contributed by atoms with Gasteiger partial charge in [0.1, 0.15) is 18.0 Å². The van der Waals surface area contributed by atoms with Gasteiger partial charge in [0.15, 0.2) is 5.78 Å². The summed E-state index contributed by atoms with van der Waals surface area (Å²) in [7, 11) is 0. The summed E-state index contributed by atoms with van der Waals surface area (Å²) in [5, 5.41) is 0. The summed E-state index contributed by atoms with van der Waals surface area (Å²) in [6.45, 7) is 4.08. The standard InChI is InChI=1S/C18H18N2O2/c1-3-15-16(13(2)21)5-4-6-17(15)22-12-14-7-8-18-19-9-10-20(18)11-14/h4-11H,3,12H2,1-2H3. The van der Waals surface area contributed by atoms with Crippen molar-refractivity contribution in [3.63, 3.8) is 0 Å². The maximum absolute atomic E-state index is 11.7. The number of carbonyl (C=O) groups is 1. The molecule has 2 aromatic heterocycles. The lowest BCUT2D eigenvalue weighted by molar-refractivity contribution is 0.101. The van der Waals surface area contributed by atoms with Gasteiger partial charge in [0.25, 0.3) is 0 Å². The summed E-state index contributed by atoms with van der Waals surface area (Å²) in [5.41, 5.74) is 3.68. The van der Waals surface area contributed by atoms with Gasteiger partial charge < -0.3 is 9.14 Å². The molecule has 0 atom stereocenters. The van der Waals surface area contributed by atoms with E-state index in [2.05, 4.69) is 4.98 Å². The fraction of sp³-hybridized carbons (Fsp3) is 0.222. The maximum atomic E-state index is 11.7. The molecule has 0 saturated heterocycles. The summed E-state index contributed by atoms with van der Waals surface area (Å²) in [6, 6.07) is 9.60. The minimum atomic E-state index is 0.0714. The van der Waals surface area contributed by atoms with E-state index >= 15 is 0 Å². The highest BCUT2D eigenvalue weighted by atomic mass is 16.5. The van der Waals surface area contributed by atoms with Gasteiger partial charge in [0, 0.05) is 35.3 Å². The lowest BCUT2D eigenvalue weighted by atomic mass is 10.0. The first-order valence-electron chi connectivity index (χ1n) is 7.36. The minimum Gasteiger partial charge on any atom is -0.489 e. The number of hydrogen-bond donors (Lipinski definition) is 0.